The third kappa shape index (κ3) is 5.15. The van der Waals surface area contributed by atoms with Gasteiger partial charge in [0, 0.05) is 5.69 Å². The van der Waals surface area contributed by atoms with Gasteiger partial charge >= 0.3 is 11.9 Å². The second-order valence-corrected chi connectivity index (χ2v) is 9.41. The highest BCUT2D eigenvalue weighted by Crippen LogP contribution is 2.45. The number of carbonyl (C=O) groups excluding carboxylic acids is 5. The number of benzene rings is 2. The lowest BCUT2D eigenvalue weighted by atomic mass is 10.0. The lowest BCUT2D eigenvalue weighted by molar-refractivity contribution is -0.152. The zero-order valence-corrected chi connectivity index (χ0v) is 22.0. The summed E-state index contributed by atoms with van der Waals surface area (Å²) in [7, 11) is 1.24. The molecule has 2 aromatic rings. The van der Waals surface area contributed by atoms with Crippen molar-refractivity contribution in [3.8, 4) is 0 Å². The predicted octanol–water partition coefficient (Wildman–Crippen LogP) is 4.89. The van der Waals surface area contributed by atoms with Crippen molar-refractivity contribution in [2.24, 2.45) is 5.92 Å². The molecule has 36 heavy (non-hydrogen) atoms. The van der Waals surface area contributed by atoms with Crippen LogP contribution in [0.4, 0.5) is 5.69 Å². The Kier molecular flexibility index (Phi) is 8.51. The van der Waals surface area contributed by atoms with E-state index in [9.17, 15) is 24.0 Å². The highest BCUT2D eigenvalue weighted by molar-refractivity contribution is 6.55. The lowest BCUT2D eigenvalue weighted by Gasteiger charge is -2.27. The number of hydrogen-bond donors (Lipinski definition) is 1. The fourth-order valence-corrected chi connectivity index (χ4v) is 4.54. The number of nitrogens with one attached hydrogen (secondary N) is 1. The quantitative estimate of drug-likeness (QED) is 0.216. The lowest BCUT2D eigenvalue weighted by Crippen LogP contribution is -2.49. The van der Waals surface area contributed by atoms with Gasteiger partial charge in [0.1, 0.15) is 6.04 Å². The van der Waals surface area contributed by atoms with Gasteiger partial charge in [0.05, 0.1) is 43.9 Å². The number of esters is 2. The van der Waals surface area contributed by atoms with Gasteiger partial charge in [-0.3, -0.25) is 19.3 Å². The van der Waals surface area contributed by atoms with Gasteiger partial charge < -0.3 is 14.8 Å². The number of carbonyl (C=O) groups is 5. The molecule has 0 saturated heterocycles. The molecule has 9 nitrogen and oxygen atoms in total. The number of anilines is 1. The summed E-state index contributed by atoms with van der Waals surface area (Å²) in [5.74, 6) is -4.62. The summed E-state index contributed by atoms with van der Waals surface area (Å²) in [6, 6.07) is 4.42. The van der Waals surface area contributed by atoms with Crippen LogP contribution in [0.5, 0.6) is 0 Å². The first-order valence-corrected chi connectivity index (χ1v) is 11.8. The van der Waals surface area contributed by atoms with E-state index in [4.69, 9.17) is 51.1 Å². The maximum Gasteiger partial charge on any atom is 0.337 e. The summed E-state index contributed by atoms with van der Waals surface area (Å²) in [4.78, 5) is 63.6. The van der Waals surface area contributed by atoms with E-state index >= 15 is 0 Å². The van der Waals surface area contributed by atoms with Crippen molar-refractivity contribution in [1.29, 1.82) is 0 Å². The van der Waals surface area contributed by atoms with Crippen molar-refractivity contribution in [2.45, 2.75) is 19.9 Å². The zero-order valence-electron chi connectivity index (χ0n) is 19.0. The zero-order chi connectivity index (χ0) is 26.9. The van der Waals surface area contributed by atoms with Crippen LogP contribution >= 0.6 is 46.4 Å². The van der Waals surface area contributed by atoms with Crippen molar-refractivity contribution in [1.82, 2.24) is 4.90 Å². The van der Waals surface area contributed by atoms with Gasteiger partial charge in [-0.25, -0.2) is 9.59 Å². The normalized spacial score (nSPS) is 13.5. The first-order valence-electron chi connectivity index (χ1n) is 10.3. The van der Waals surface area contributed by atoms with E-state index in [0.717, 1.165) is 0 Å². The van der Waals surface area contributed by atoms with Crippen LogP contribution in [-0.4, -0.2) is 54.3 Å². The van der Waals surface area contributed by atoms with E-state index in [1.54, 1.807) is 13.8 Å². The number of ether oxygens (including phenoxy) is 2. The first-order chi connectivity index (χ1) is 16.9. The van der Waals surface area contributed by atoms with Gasteiger partial charge in [0.15, 0.2) is 6.61 Å². The third-order valence-electron chi connectivity index (χ3n) is 5.22. The smallest absolute Gasteiger partial charge is 0.337 e. The number of halogens is 4. The largest absolute Gasteiger partial charge is 0.465 e. The number of fused-ring (bicyclic) bond motifs is 1. The number of methoxy groups -OCH3 is 1. The molecule has 3 amide bonds. The molecule has 0 fully saturated rings. The number of hydrogen-bond acceptors (Lipinski definition) is 7. The fourth-order valence-electron chi connectivity index (χ4n) is 3.52. The second kappa shape index (κ2) is 11.0. The van der Waals surface area contributed by atoms with Crippen molar-refractivity contribution in [2.75, 3.05) is 19.0 Å². The number of rotatable bonds is 7. The Labute approximate surface area is 225 Å². The van der Waals surface area contributed by atoms with E-state index in [2.05, 4.69) is 10.1 Å². The average molecular weight is 576 g/mol. The van der Waals surface area contributed by atoms with Crippen molar-refractivity contribution >= 4 is 81.8 Å². The molecule has 0 saturated carbocycles. The Morgan fingerprint density at radius 2 is 1.39 bits per heavy atom. The Morgan fingerprint density at radius 1 is 0.889 bits per heavy atom. The van der Waals surface area contributed by atoms with Gasteiger partial charge in [0.2, 0.25) is 0 Å². The van der Waals surface area contributed by atoms with E-state index in [1.807, 2.05) is 0 Å². The molecule has 0 aliphatic carbocycles. The molecule has 190 valence electrons. The van der Waals surface area contributed by atoms with Crippen LogP contribution in [-0.2, 0) is 19.1 Å². The molecule has 0 spiro atoms. The predicted molar refractivity (Wildman–Crippen MR) is 133 cm³/mol. The SMILES string of the molecule is COC(=O)c1ccc(NC(=O)COC(=O)[C@H](C(C)C)N2C(=O)c3c(Cl)c(Cl)c(Cl)c(Cl)c3C2=O)cc1. The van der Waals surface area contributed by atoms with Crippen molar-refractivity contribution in [3.05, 3.63) is 61.0 Å². The highest BCUT2D eigenvalue weighted by atomic mass is 35.5. The Bertz CT molecular complexity index is 1230. The minimum Gasteiger partial charge on any atom is -0.465 e. The standard InChI is InChI=1S/C23H18Cl4N2O7/c1-9(2)19(29-20(31)13-14(21(29)32)16(25)18(27)17(26)15(13)24)23(34)36-8-12(30)28-11-6-4-10(5-7-11)22(33)35-3/h4-7,9,19H,8H2,1-3H3,(H,28,30)/t19-/m0/s1. The molecular weight excluding hydrogens is 558 g/mol. The van der Waals surface area contributed by atoms with Crippen molar-refractivity contribution in [3.63, 3.8) is 0 Å². The minimum atomic E-state index is -1.39. The number of amides is 3. The summed E-state index contributed by atoms with van der Waals surface area (Å²) in [6.07, 6.45) is 0. The Balaban J connectivity index is 1.74. The summed E-state index contributed by atoms with van der Waals surface area (Å²) >= 11 is 24.4. The summed E-state index contributed by atoms with van der Waals surface area (Å²) in [5.41, 5.74) is 0.0771. The van der Waals surface area contributed by atoms with Crippen LogP contribution in [0.15, 0.2) is 24.3 Å². The van der Waals surface area contributed by atoms with Crippen LogP contribution in [0.2, 0.25) is 20.1 Å². The van der Waals surface area contributed by atoms with Gasteiger partial charge in [-0.05, 0) is 30.2 Å². The third-order valence-corrected chi connectivity index (χ3v) is 7.02. The molecule has 0 aromatic heterocycles. The van der Waals surface area contributed by atoms with Crippen LogP contribution in [0, 0.1) is 5.92 Å². The fraction of sp³-hybridized carbons (Fsp3) is 0.261. The van der Waals surface area contributed by atoms with Gasteiger partial charge in [-0.2, -0.15) is 0 Å². The number of imide groups is 1. The molecule has 1 heterocycles. The van der Waals surface area contributed by atoms with Crippen LogP contribution in [0.3, 0.4) is 0 Å². The number of nitrogens with zero attached hydrogens (tertiary/aromatic N) is 1. The van der Waals surface area contributed by atoms with Crippen LogP contribution in [0.1, 0.15) is 44.9 Å². The average Bonchev–Trinajstić information content (AvgIpc) is 3.10. The molecule has 13 heteroatoms. The van der Waals surface area contributed by atoms with Crippen LogP contribution in [0.25, 0.3) is 0 Å². The second-order valence-electron chi connectivity index (χ2n) is 7.90. The molecular formula is C23H18Cl4N2O7. The monoisotopic (exact) mass is 574 g/mol. The summed E-state index contributed by atoms with van der Waals surface area (Å²) < 4.78 is 9.71. The molecule has 1 aliphatic rings. The summed E-state index contributed by atoms with van der Waals surface area (Å²) in [6.45, 7) is 2.46. The maximum atomic E-state index is 13.1. The van der Waals surface area contributed by atoms with E-state index in [0.29, 0.717) is 10.6 Å². The topological polar surface area (TPSA) is 119 Å². The Hall–Kier alpha value is -2.85. The van der Waals surface area contributed by atoms with Gasteiger partial charge in [-0.1, -0.05) is 60.3 Å². The van der Waals surface area contributed by atoms with Gasteiger partial charge in [-0.15, -0.1) is 0 Å². The first kappa shape index (κ1) is 27.7. The van der Waals surface area contributed by atoms with E-state index in [1.165, 1.54) is 31.4 Å². The van der Waals surface area contributed by atoms with E-state index in [-0.39, 0.29) is 36.8 Å². The Morgan fingerprint density at radius 3 is 1.83 bits per heavy atom. The molecule has 1 atom stereocenters. The minimum absolute atomic E-state index is 0.204. The molecule has 1 aliphatic heterocycles. The molecule has 1 N–H and O–H groups in total. The van der Waals surface area contributed by atoms with Crippen molar-refractivity contribution < 1.29 is 33.4 Å². The summed E-state index contributed by atoms with van der Waals surface area (Å²) in [5, 5.41) is 1.55. The molecule has 2 aromatic carbocycles. The van der Waals surface area contributed by atoms with Gasteiger partial charge in [0.25, 0.3) is 17.7 Å². The maximum absolute atomic E-state index is 13.1. The molecule has 0 unspecified atom stereocenters. The molecule has 3 rings (SSSR count). The van der Waals surface area contributed by atoms with E-state index < -0.39 is 48.2 Å². The molecule has 0 radical (unpaired) electrons. The molecule has 0 bridgehead atoms. The highest BCUT2D eigenvalue weighted by Gasteiger charge is 2.48. The van der Waals surface area contributed by atoms with Crippen LogP contribution < -0.4 is 5.32 Å².